The van der Waals surface area contributed by atoms with Crippen LogP contribution in [0.1, 0.15) is 44.1 Å². The third-order valence-electron chi connectivity index (χ3n) is 6.05. The highest BCUT2D eigenvalue weighted by Crippen LogP contribution is 2.61. The van der Waals surface area contributed by atoms with E-state index in [2.05, 4.69) is 23.2 Å². The zero-order chi connectivity index (χ0) is 13.4. The topological polar surface area (TPSA) is 52.0 Å². The van der Waals surface area contributed by atoms with Crippen LogP contribution in [-0.2, 0) is 5.41 Å². The Kier molecular flexibility index (Phi) is 1.95. The molecule has 4 bridgehead atoms. The molecule has 104 valence electrons. The highest BCUT2D eigenvalue weighted by Gasteiger charge is 2.56. The van der Waals surface area contributed by atoms with Gasteiger partial charge in [-0.15, -0.1) is 0 Å². The molecule has 0 saturated heterocycles. The van der Waals surface area contributed by atoms with Crippen molar-refractivity contribution < 1.29 is 4.42 Å². The number of benzene rings is 1. The Morgan fingerprint density at radius 1 is 1.15 bits per heavy atom. The van der Waals surface area contributed by atoms with E-state index in [-0.39, 0.29) is 5.54 Å². The lowest BCUT2D eigenvalue weighted by atomic mass is 9.45. The van der Waals surface area contributed by atoms with Gasteiger partial charge in [0.1, 0.15) is 5.52 Å². The van der Waals surface area contributed by atoms with Gasteiger partial charge in [-0.25, -0.2) is 4.98 Å². The molecule has 1 aromatic heterocycles. The number of fused-ring (bicyclic) bond motifs is 1. The SMILES string of the molecule is NC12CC3CC(C1)CC(c1ccc4ncoc4c1)(C3)C2. The average molecular weight is 268 g/mol. The number of aromatic nitrogens is 1. The lowest BCUT2D eigenvalue weighted by Gasteiger charge is -2.61. The van der Waals surface area contributed by atoms with Crippen molar-refractivity contribution >= 4 is 11.1 Å². The fourth-order valence-electron chi connectivity index (χ4n) is 5.86. The van der Waals surface area contributed by atoms with E-state index < -0.39 is 0 Å². The van der Waals surface area contributed by atoms with Gasteiger partial charge in [-0.3, -0.25) is 0 Å². The van der Waals surface area contributed by atoms with Gasteiger partial charge in [-0.05, 0) is 73.5 Å². The van der Waals surface area contributed by atoms with Gasteiger partial charge in [0, 0.05) is 5.54 Å². The first kappa shape index (κ1) is 11.3. The molecule has 4 saturated carbocycles. The largest absolute Gasteiger partial charge is 0.443 e. The van der Waals surface area contributed by atoms with Gasteiger partial charge in [0.15, 0.2) is 12.0 Å². The number of oxazole rings is 1. The molecule has 3 heteroatoms. The molecule has 1 heterocycles. The van der Waals surface area contributed by atoms with Crippen molar-refractivity contribution in [2.45, 2.75) is 49.5 Å². The Morgan fingerprint density at radius 3 is 2.70 bits per heavy atom. The number of nitrogens with zero attached hydrogens (tertiary/aromatic N) is 1. The Bertz CT molecular complexity index is 675. The molecule has 2 unspecified atom stereocenters. The summed E-state index contributed by atoms with van der Waals surface area (Å²) in [6.45, 7) is 0. The van der Waals surface area contributed by atoms with Gasteiger partial charge in [0.05, 0.1) is 0 Å². The van der Waals surface area contributed by atoms with E-state index in [1.165, 1.54) is 37.7 Å². The van der Waals surface area contributed by atoms with E-state index in [0.29, 0.717) is 5.41 Å². The van der Waals surface area contributed by atoms with Crippen LogP contribution in [0, 0.1) is 11.8 Å². The number of rotatable bonds is 1. The Labute approximate surface area is 118 Å². The maximum absolute atomic E-state index is 6.70. The summed E-state index contributed by atoms with van der Waals surface area (Å²) >= 11 is 0. The van der Waals surface area contributed by atoms with Crippen LogP contribution in [0.15, 0.2) is 29.0 Å². The van der Waals surface area contributed by atoms with Crippen LogP contribution >= 0.6 is 0 Å². The quantitative estimate of drug-likeness (QED) is 0.862. The zero-order valence-electron chi connectivity index (χ0n) is 11.6. The van der Waals surface area contributed by atoms with Gasteiger partial charge in [0.2, 0.25) is 0 Å². The monoisotopic (exact) mass is 268 g/mol. The first-order chi connectivity index (χ1) is 9.64. The second kappa shape index (κ2) is 3.45. The summed E-state index contributed by atoms with van der Waals surface area (Å²) in [5, 5.41) is 0. The predicted molar refractivity (Wildman–Crippen MR) is 77.3 cm³/mol. The standard InChI is InChI=1S/C17H20N2O/c18-17-7-11-3-12(8-17)6-16(5-11,9-17)13-1-2-14-15(4-13)20-10-19-14/h1-2,4,10-12H,3,5-9,18H2. The molecule has 6 rings (SSSR count). The van der Waals surface area contributed by atoms with Crippen LogP contribution in [0.5, 0.6) is 0 Å². The minimum Gasteiger partial charge on any atom is -0.443 e. The summed E-state index contributed by atoms with van der Waals surface area (Å²) in [7, 11) is 0. The number of hydrogen-bond acceptors (Lipinski definition) is 3. The van der Waals surface area contributed by atoms with Crippen LogP contribution in [0.2, 0.25) is 0 Å². The third kappa shape index (κ3) is 1.42. The molecule has 2 atom stereocenters. The summed E-state index contributed by atoms with van der Waals surface area (Å²) in [4.78, 5) is 4.23. The Morgan fingerprint density at radius 2 is 1.95 bits per heavy atom. The molecule has 4 fully saturated rings. The fourth-order valence-corrected chi connectivity index (χ4v) is 5.86. The van der Waals surface area contributed by atoms with Gasteiger partial charge >= 0.3 is 0 Å². The maximum atomic E-state index is 6.70. The minimum absolute atomic E-state index is 0.0977. The van der Waals surface area contributed by atoms with Crippen LogP contribution in [0.3, 0.4) is 0 Å². The zero-order valence-corrected chi connectivity index (χ0v) is 11.6. The maximum Gasteiger partial charge on any atom is 0.181 e. The number of nitrogens with two attached hydrogens (primary N) is 1. The first-order valence-corrected chi connectivity index (χ1v) is 7.77. The van der Waals surface area contributed by atoms with Gasteiger partial charge in [-0.1, -0.05) is 6.07 Å². The lowest BCUT2D eigenvalue weighted by Crippen LogP contribution is -2.61. The Hall–Kier alpha value is -1.35. The van der Waals surface area contributed by atoms with Crippen LogP contribution < -0.4 is 5.73 Å². The van der Waals surface area contributed by atoms with Gasteiger partial charge in [0.25, 0.3) is 0 Å². The van der Waals surface area contributed by atoms with Gasteiger partial charge < -0.3 is 10.2 Å². The van der Waals surface area contributed by atoms with E-state index in [9.17, 15) is 0 Å². The molecule has 4 aliphatic carbocycles. The molecule has 4 aliphatic rings. The van der Waals surface area contributed by atoms with Crippen molar-refractivity contribution in [3.05, 3.63) is 30.2 Å². The Balaban J connectivity index is 1.65. The summed E-state index contributed by atoms with van der Waals surface area (Å²) in [6, 6.07) is 6.59. The van der Waals surface area contributed by atoms with E-state index in [1.54, 1.807) is 6.39 Å². The van der Waals surface area contributed by atoms with Crippen molar-refractivity contribution in [3.8, 4) is 0 Å². The molecule has 2 N–H and O–H groups in total. The van der Waals surface area contributed by atoms with Crippen LogP contribution in [-0.4, -0.2) is 10.5 Å². The first-order valence-electron chi connectivity index (χ1n) is 7.77. The smallest absolute Gasteiger partial charge is 0.181 e. The van der Waals surface area contributed by atoms with E-state index in [1.807, 2.05) is 0 Å². The van der Waals surface area contributed by atoms with Crippen molar-refractivity contribution in [2.24, 2.45) is 17.6 Å². The van der Waals surface area contributed by atoms with Crippen molar-refractivity contribution in [2.75, 3.05) is 0 Å². The van der Waals surface area contributed by atoms with E-state index >= 15 is 0 Å². The molecule has 0 amide bonds. The van der Waals surface area contributed by atoms with Crippen molar-refractivity contribution in [1.29, 1.82) is 0 Å². The normalized spacial score (nSPS) is 42.5. The average Bonchev–Trinajstić information content (AvgIpc) is 2.82. The summed E-state index contributed by atoms with van der Waals surface area (Å²) < 4.78 is 5.50. The van der Waals surface area contributed by atoms with E-state index in [0.717, 1.165) is 29.4 Å². The molecule has 3 nitrogen and oxygen atoms in total. The summed E-state index contributed by atoms with van der Waals surface area (Å²) in [5.74, 6) is 1.68. The van der Waals surface area contributed by atoms with Crippen molar-refractivity contribution in [1.82, 2.24) is 4.98 Å². The molecule has 0 aliphatic heterocycles. The highest BCUT2D eigenvalue weighted by atomic mass is 16.3. The second-order valence-corrected chi connectivity index (χ2v) is 7.64. The fraction of sp³-hybridized carbons (Fsp3) is 0.588. The second-order valence-electron chi connectivity index (χ2n) is 7.64. The van der Waals surface area contributed by atoms with Crippen molar-refractivity contribution in [3.63, 3.8) is 0 Å². The third-order valence-corrected chi connectivity index (χ3v) is 6.05. The molecule has 20 heavy (non-hydrogen) atoms. The summed E-state index contributed by atoms with van der Waals surface area (Å²) in [5.41, 5.74) is 10.4. The lowest BCUT2D eigenvalue weighted by molar-refractivity contribution is -0.0227. The minimum atomic E-state index is 0.0977. The molecule has 1 aromatic carbocycles. The van der Waals surface area contributed by atoms with Gasteiger partial charge in [-0.2, -0.15) is 0 Å². The number of hydrogen-bond donors (Lipinski definition) is 1. The predicted octanol–water partition coefficient (Wildman–Crippen LogP) is 3.38. The molecule has 2 aromatic rings. The highest BCUT2D eigenvalue weighted by molar-refractivity contribution is 5.73. The van der Waals surface area contributed by atoms with E-state index in [4.69, 9.17) is 10.2 Å². The molecular formula is C17H20N2O. The summed E-state index contributed by atoms with van der Waals surface area (Å²) in [6.07, 6.45) is 9.24. The molecule has 0 spiro atoms. The molecular weight excluding hydrogens is 248 g/mol. The van der Waals surface area contributed by atoms with Crippen LogP contribution in [0.4, 0.5) is 0 Å². The molecule has 0 radical (unpaired) electrons. The van der Waals surface area contributed by atoms with Crippen LogP contribution in [0.25, 0.3) is 11.1 Å².